The van der Waals surface area contributed by atoms with Gasteiger partial charge in [0.15, 0.2) is 0 Å². The lowest BCUT2D eigenvalue weighted by Gasteiger charge is -2.10. The molecule has 0 unspecified atom stereocenters. The predicted octanol–water partition coefficient (Wildman–Crippen LogP) is 4.88. The number of aryl methyl sites for hydroxylation is 1. The second-order valence-corrected chi connectivity index (χ2v) is 7.48. The van der Waals surface area contributed by atoms with Gasteiger partial charge in [-0.3, -0.25) is 4.79 Å². The second-order valence-electron chi connectivity index (χ2n) is 6.54. The lowest BCUT2D eigenvalue weighted by molar-refractivity contribution is -0.115. The van der Waals surface area contributed by atoms with E-state index in [4.69, 9.17) is 4.52 Å². The average molecular weight is 389 g/mol. The third-order valence-corrected chi connectivity index (χ3v) is 5.16. The van der Waals surface area contributed by atoms with Gasteiger partial charge in [0.05, 0.1) is 17.7 Å². The minimum absolute atomic E-state index is 0.0529. The number of thiophene rings is 1. The minimum Gasteiger partial charge on any atom is -0.339 e. The lowest BCUT2D eigenvalue weighted by atomic mass is 10.1. The highest BCUT2D eigenvalue weighted by Crippen LogP contribution is 2.24. The van der Waals surface area contributed by atoms with Crippen LogP contribution in [0.5, 0.6) is 0 Å². The first kappa shape index (κ1) is 18.1. The van der Waals surface area contributed by atoms with E-state index in [1.54, 1.807) is 11.3 Å². The third kappa shape index (κ3) is 4.35. The largest absolute Gasteiger partial charge is 0.339 e. The fourth-order valence-corrected chi connectivity index (χ4v) is 3.64. The van der Waals surface area contributed by atoms with E-state index in [-0.39, 0.29) is 5.91 Å². The van der Waals surface area contributed by atoms with Crippen LogP contribution in [0, 0.1) is 6.92 Å². The van der Waals surface area contributed by atoms with Gasteiger partial charge in [-0.25, -0.2) is 0 Å². The molecule has 1 amide bonds. The quantitative estimate of drug-likeness (QED) is 0.510. The van der Waals surface area contributed by atoms with Crippen LogP contribution in [-0.2, 0) is 17.6 Å². The molecule has 0 atom stereocenters. The summed E-state index contributed by atoms with van der Waals surface area (Å²) < 4.78 is 5.39. The summed E-state index contributed by atoms with van der Waals surface area (Å²) in [7, 11) is 0. The molecule has 28 heavy (non-hydrogen) atoms. The van der Waals surface area contributed by atoms with Gasteiger partial charge in [0.2, 0.25) is 17.6 Å². The first-order chi connectivity index (χ1) is 13.7. The van der Waals surface area contributed by atoms with Crippen molar-refractivity contribution in [1.29, 1.82) is 0 Å². The lowest BCUT2D eigenvalue weighted by Crippen LogP contribution is -2.15. The molecular formula is C22H19N3O2S. The summed E-state index contributed by atoms with van der Waals surface area (Å²) in [6.07, 6.45) is 0.790. The topological polar surface area (TPSA) is 68.0 Å². The van der Waals surface area contributed by atoms with Crippen molar-refractivity contribution in [1.82, 2.24) is 10.1 Å². The molecule has 0 bridgehead atoms. The normalized spacial score (nSPS) is 10.8. The van der Waals surface area contributed by atoms with E-state index in [1.165, 1.54) is 0 Å². The number of anilines is 1. The van der Waals surface area contributed by atoms with Gasteiger partial charge in [-0.1, -0.05) is 59.3 Å². The monoisotopic (exact) mass is 389 g/mol. The molecule has 0 saturated carbocycles. The molecule has 5 nitrogen and oxygen atoms in total. The Morgan fingerprint density at radius 1 is 1.11 bits per heavy atom. The van der Waals surface area contributed by atoms with Crippen molar-refractivity contribution in [3.8, 4) is 10.7 Å². The van der Waals surface area contributed by atoms with Crippen LogP contribution >= 0.6 is 11.3 Å². The van der Waals surface area contributed by atoms with Crippen molar-refractivity contribution in [3.63, 3.8) is 0 Å². The summed E-state index contributed by atoms with van der Waals surface area (Å²) in [5, 5.41) is 9.03. The zero-order valence-electron chi connectivity index (χ0n) is 15.4. The van der Waals surface area contributed by atoms with E-state index in [2.05, 4.69) is 15.5 Å². The summed E-state index contributed by atoms with van der Waals surface area (Å²) in [5.41, 5.74) is 3.83. The molecule has 140 valence electrons. The molecular weight excluding hydrogens is 370 g/mol. The maximum absolute atomic E-state index is 12.5. The third-order valence-electron chi connectivity index (χ3n) is 4.29. The fraction of sp³-hybridized carbons (Fsp3) is 0.136. The van der Waals surface area contributed by atoms with Crippen molar-refractivity contribution >= 4 is 22.9 Å². The Labute approximate surface area is 167 Å². The van der Waals surface area contributed by atoms with Gasteiger partial charge in [-0.2, -0.15) is 4.98 Å². The highest BCUT2D eigenvalue weighted by molar-refractivity contribution is 7.13. The van der Waals surface area contributed by atoms with Gasteiger partial charge in [0, 0.05) is 5.69 Å². The van der Waals surface area contributed by atoms with Crippen LogP contribution in [0.2, 0.25) is 0 Å². The molecule has 0 aliphatic heterocycles. The number of benzene rings is 2. The summed E-state index contributed by atoms with van der Waals surface area (Å²) in [4.78, 5) is 17.9. The van der Waals surface area contributed by atoms with E-state index >= 15 is 0 Å². The molecule has 4 rings (SSSR count). The van der Waals surface area contributed by atoms with Crippen LogP contribution in [0.15, 0.2) is 70.6 Å². The van der Waals surface area contributed by atoms with Gasteiger partial charge in [-0.05, 0) is 35.6 Å². The molecule has 4 aromatic rings. The summed E-state index contributed by atoms with van der Waals surface area (Å²) in [5.74, 6) is 1.05. The zero-order valence-corrected chi connectivity index (χ0v) is 16.2. The first-order valence-electron chi connectivity index (χ1n) is 8.97. The smallest absolute Gasteiger partial charge is 0.231 e. The van der Waals surface area contributed by atoms with Crippen LogP contribution in [0.4, 0.5) is 5.69 Å². The Balaban J connectivity index is 1.47. The number of amides is 1. The van der Waals surface area contributed by atoms with Gasteiger partial charge >= 0.3 is 0 Å². The molecule has 0 fully saturated rings. The number of nitrogens with zero attached hydrogens (tertiary/aromatic N) is 2. The predicted molar refractivity (Wildman–Crippen MR) is 110 cm³/mol. The number of carbonyl (C=O) groups excluding carboxylic acids is 1. The maximum Gasteiger partial charge on any atom is 0.231 e. The van der Waals surface area contributed by atoms with Crippen molar-refractivity contribution < 1.29 is 9.32 Å². The molecule has 2 aromatic heterocycles. The van der Waals surface area contributed by atoms with E-state index in [0.717, 1.165) is 27.3 Å². The molecule has 0 aliphatic rings. The molecule has 1 N–H and O–H groups in total. The standard InChI is InChI=1S/C22H19N3O2S/c1-15-6-4-7-16(12-15)13-20(26)23-18-9-3-2-8-17(18)14-21-24-22(25-27-21)19-10-5-11-28-19/h2-12H,13-14H2,1H3,(H,23,26). The second kappa shape index (κ2) is 8.19. The van der Waals surface area contributed by atoms with Crippen molar-refractivity contribution in [3.05, 3.63) is 88.6 Å². The number of rotatable bonds is 6. The molecule has 0 radical (unpaired) electrons. The summed E-state index contributed by atoms with van der Waals surface area (Å²) in [6.45, 7) is 2.02. The minimum atomic E-state index is -0.0529. The Bertz CT molecular complexity index is 1090. The Hall–Kier alpha value is -3.25. The Kier molecular flexibility index (Phi) is 5.30. The van der Waals surface area contributed by atoms with Gasteiger partial charge < -0.3 is 9.84 Å². The molecule has 0 aliphatic carbocycles. The van der Waals surface area contributed by atoms with Crippen LogP contribution in [0.1, 0.15) is 22.6 Å². The first-order valence-corrected chi connectivity index (χ1v) is 9.85. The molecule has 0 saturated heterocycles. The maximum atomic E-state index is 12.5. The van der Waals surface area contributed by atoms with Gasteiger partial charge in [-0.15, -0.1) is 11.3 Å². The number of hydrogen-bond donors (Lipinski definition) is 1. The van der Waals surface area contributed by atoms with E-state index < -0.39 is 0 Å². The van der Waals surface area contributed by atoms with E-state index in [9.17, 15) is 4.79 Å². The Morgan fingerprint density at radius 3 is 2.82 bits per heavy atom. The van der Waals surface area contributed by atoms with Crippen molar-refractivity contribution in [2.75, 3.05) is 5.32 Å². The number of para-hydroxylation sites is 1. The van der Waals surface area contributed by atoms with Crippen molar-refractivity contribution in [2.24, 2.45) is 0 Å². The van der Waals surface area contributed by atoms with Gasteiger partial charge in [0.25, 0.3) is 0 Å². The number of hydrogen-bond acceptors (Lipinski definition) is 5. The number of aromatic nitrogens is 2. The zero-order chi connectivity index (χ0) is 19.3. The van der Waals surface area contributed by atoms with Crippen LogP contribution in [-0.4, -0.2) is 16.0 Å². The molecule has 6 heteroatoms. The van der Waals surface area contributed by atoms with E-state index in [0.29, 0.717) is 24.6 Å². The molecule has 2 aromatic carbocycles. The number of nitrogens with one attached hydrogen (secondary N) is 1. The number of carbonyl (C=O) groups is 1. The average Bonchev–Trinajstić information content (AvgIpc) is 3.35. The van der Waals surface area contributed by atoms with E-state index in [1.807, 2.05) is 73.0 Å². The summed E-state index contributed by atoms with van der Waals surface area (Å²) >= 11 is 1.57. The summed E-state index contributed by atoms with van der Waals surface area (Å²) in [6, 6.07) is 19.6. The highest BCUT2D eigenvalue weighted by atomic mass is 32.1. The molecule has 2 heterocycles. The van der Waals surface area contributed by atoms with Crippen LogP contribution in [0.25, 0.3) is 10.7 Å². The van der Waals surface area contributed by atoms with Crippen molar-refractivity contribution in [2.45, 2.75) is 19.8 Å². The highest BCUT2D eigenvalue weighted by Gasteiger charge is 2.13. The fourth-order valence-electron chi connectivity index (χ4n) is 2.99. The van der Waals surface area contributed by atoms with Crippen LogP contribution in [0.3, 0.4) is 0 Å². The van der Waals surface area contributed by atoms with Crippen LogP contribution < -0.4 is 5.32 Å². The molecule has 0 spiro atoms. The Morgan fingerprint density at radius 2 is 2.00 bits per heavy atom. The SMILES string of the molecule is Cc1cccc(CC(=O)Nc2ccccc2Cc2nc(-c3cccs3)no2)c1. The van der Waals surface area contributed by atoms with Gasteiger partial charge in [0.1, 0.15) is 0 Å².